The molecule has 0 radical (unpaired) electrons. The third kappa shape index (κ3) is 2.50. The van der Waals surface area contributed by atoms with E-state index in [0.717, 1.165) is 24.5 Å². The standard InChI is InChI=1S/C14H16N4O/c1-11-2-4-12(5-3-11)8-14(19)17-6-7-18-10-15-16-13(18)9-17/h2-5,10H,6-9H2,1H3. The first kappa shape index (κ1) is 11.9. The molecule has 0 saturated carbocycles. The van der Waals surface area contributed by atoms with E-state index in [1.54, 1.807) is 6.33 Å². The number of fused-ring (bicyclic) bond motifs is 1. The second kappa shape index (κ2) is 4.84. The van der Waals surface area contributed by atoms with Crippen LogP contribution in [0.3, 0.4) is 0 Å². The Hall–Kier alpha value is -2.17. The lowest BCUT2D eigenvalue weighted by Crippen LogP contribution is -2.39. The number of hydrogen-bond donors (Lipinski definition) is 0. The average Bonchev–Trinajstić information content (AvgIpc) is 2.88. The number of benzene rings is 1. The average molecular weight is 256 g/mol. The van der Waals surface area contributed by atoms with Gasteiger partial charge in [0, 0.05) is 13.1 Å². The largest absolute Gasteiger partial charge is 0.333 e. The van der Waals surface area contributed by atoms with Gasteiger partial charge < -0.3 is 9.47 Å². The van der Waals surface area contributed by atoms with Crippen LogP contribution >= 0.6 is 0 Å². The molecule has 19 heavy (non-hydrogen) atoms. The van der Waals surface area contributed by atoms with E-state index in [2.05, 4.69) is 10.2 Å². The van der Waals surface area contributed by atoms with Crippen LogP contribution in [0, 0.1) is 6.92 Å². The molecular formula is C14H16N4O. The smallest absolute Gasteiger partial charge is 0.227 e. The van der Waals surface area contributed by atoms with Crippen molar-refractivity contribution in [3.63, 3.8) is 0 Å². The Kier molecular flexibility index (Phi) is 3.03. The molecule has 0 aliphatic carbocycles. The third-order valence-electron chi connectivity index (χ3n) is 3.47. The summed E-state index contributed by atoms with van der Waals surface area (Å²) in [5.41, 5.74) is 2.27. The van der Waals surface area contributed by atoms with Gasteiger partial charge in [0.05, 0.1) is 13.0 Å². The number of aromatic nitrogens is 3. The van der Waals surface area contributed by atoms with Gasteiger partial charge in [-0.05, 0) is 12.5 Å². The highest BCUT2D eigenvalue weighted by molar-refractivity contribution is 5.78. The first-order chi connectivity index (χ1) is 9.22. The zero-order valence-corrected chi connectivity index (χ0v) is 10.9. The van der Waals surface area contributed by atoms with Crippen LogP contribution in [-0.2, 0) is 24.3 Å². The van der Waals surface area contributed by atoms with Crippen LogP contribution in [-0.4, -0.2) is 32.1 Å². The van der Waals surface area contributed by atoms with E-state index in [1.165, 1.54) is 5.56 Å². The van der Waals surface area contributed by atoms with Gasteiger partial charge >= 0.3 is 0 Å². The SMILES string of the molecule is Cc1ccc(CC(=O)N2CCn3cnnc3C2)cc1. The van der Waals surface area contributed by atoms with Crippen molar-refractivity contribution in [1.29, 1.82) is 0 Å². The number of hydrogen-bond acceptors (Lipinski definition) is 3. The quantitative estimate of drug-likeness (QED) is 0.810. The van der Waals surface area contributed by atoms with Crippen molar-refractivity contribution in [2.45, 2.75) is 26.4 Å². The van der Waals surface area contributed by atoms with Gasteiger partial charge in [-0.1, -0.05) is 29.8 Å². The number of carbonyl (C=O) groups is 1. The van der Waals surface area contributed by atoms with Crippen LogP contribution in [0.2, 0.25) is 0 Å². The van der Waals surface area contributed by atoms with Gasteiger partial charge in [0.25, 0.3) is 0 Å². The van der Waals surface area contributed by atoms with Crippen molar-refractivity contribution in [3.8, 4) is 0 Å². The second-order valence-corrected chi connectivity index (χ2v) is 4.92. The zero-order valence-electron chi connectivity index (χ0n) is 10.9. The minimum atomic E-state index is 0.151. The second-order valence-electron chi connectivity index (χ2n) is 4.92. The molecule has 1 amide bonds. The van der Waals surface area contributed by atoms with Gasteiger partial charge in [-0.15, -0.1) is 10.2 Å². The van der Waals surface area contributed by atoms with Gasteiger partial charge in [-0.2, -0.15) is 0 Å². The maximum absolute atomic E-state index is 12.3. The number of carbonyl (C=O) groups excluding carboxylic acids is 1. The lowest BCUT2D eigenvalue weighted by atomic mass is 10.1. The van der Waals surface area contributed by atoms with Crippen LogP contribution in [0.1, 0.15) is 17.0 Å². The monoisotopic (exact) mass is 256 g/mol. The molecule has 5 heteroatoms. The summed E-state index contributed by atoms with van der Waals surface area (Å²) in [5.74, 6) is 1.02. The summed E-state index contributed by atoms with van der Waals surface area (Å²) in [4.78, 5) is 14.1. The number of amides is 1. The highest BCUT2D eigenvalue weighted by atomic mass is 16.2. The molecule has 0 spiro atoms. The van der Waals surface area contributed by atoms with Crippen LogP contribution in [0.4, 0.5) is 0 Å². The minimum absolute atomic E-state index is 0.151. The highest BCUT2D eigenvalue weighted by Gasteiger charge is 2.21. The van der Waals surface area contributed by atoms with Crippen molar-refractivity contribution >= 4 is 5.91 Å². The lowest BCUT2D eigenvalue weighted by Gasteiger charge is -2.27. The summed E-state index contributed by atoms with van der Waals surface area (Å²) in [6.45, 7) is 4.12. The van der Waals surface area contributed by atoms with E-state index < -0.39 is 0 Å². The number of nitrogens with zero attached hydrogens (tertiary/aromatic N) is 4. The Balaban J connectivity index is 1.67. The Bertz CT molecular complexity index is 588. The molecule has 0 N–H and O–H groups in total. The number of aryl methyl sites for hydroxylation is 1. The van der Waals surface area contributed by atoms with Crippen molar-refractivity contribution in [1.82, 2.24) is 19.7 Å². The Labute approximate surface area is 111 Å². The zero-order chi connectivity index (χ0) is 13.2. The van der Waals surface area contributed by atoms with E-state index in [0.29, 0.717) is 13.0 Å². The molecule has 0 saturated heterocycles. The molecule has 1 aromatic heterocycles. The summed E-state index contributed by atoms with van der Waals surface area (Å²) in [6, 6.07) is 8.10. The van der Waals surface area contributed by atoms with Crippen LogP contribution < -0.4 is 0 Å². The van der Waals surface area contributed by atoms with Gasteiger partial charge in [-0.3, -0.25) is 4.79 Å². The summed E-state index contributed by atoms with van der Waals surface area (Å²) in [7, 11) is 0. The summed E-state index contributed by atoms with van der Waals surface area (Å²) < 4.78 is 2.00. The molecule has 98 valence electrons. The molecule has 1 aliphatic heterocycles. The van der Waals surface area contributed by atoms with Gasteiger partial charge in [0.15, 0.2) is 5.82 Å². The molecule has 0 unspecified atom stereocenters. The Morgan fingerprint density at radius 3 is 2.84 bits per heavy atom. The summed E-state index contributed by atoms with van der Waals surface area (Å²) in [6.07, 6.45) is 2.17. The third-order valence-corrected chi connectivity index (χ3v) is 3.47. The predicted octanol–water partition coefficient (Wildman–Crippen LogP) is 1.17. The topological polar surface area (TPSA) is 51.0 Å². The van der Waals surface area contributed by atoms with Crippen LogP contribution in [0.5, 0.6) is 0 Å². The summed E-state index contributed by atoms with van der Waals surface area (Å²) in [5, 5.41) is 7.89. The first-order valence-corrected chi connectivity index (χ1v) is 6.42. The molecule has 2 aromatic rings. The van der Waals surface area contributed by atoms with Gasteiger partial charge in [0.2, 0.25) is 5.91 Å². The van der Waals surface area contributed by atoms with Crippen LogP contribution in [0.25, 0.3) is 0 Å². The molecule has 0 bridgehead atoms. The molecule has 2 heterocycles. The van der Waals surface area contributed by atoms with E-state index in [4.69, 9.17) is 0 Å². The summed E-state index contributed by atoms with van der Waals surface area (Å²) >= 11 is 0. The van der Waals surface area contributed by atoms with Crippen molar-refractivity contribution in [2.75, 3.05) is 6.54 Å². The molecule has 0 fully saturated rings. The fourth-order valence-electron chi connectivity index (χ4n) is 2.27. The van der Waals surface area contributed by atoms with Gasteiger partial charge in [-0.25, -0.2) is 0 Å². The fourth-order valence-corrected chi connectivity index (χ4v) is 2.27. The van der Waals surface area contributed by atoms with Crippen molar-refractivity contribution in [3.05, 3.63) is 47.5 Å². The Morgan fingerprint density at radius 1 is 1.26 bits per heavy atom. The van der Waals surface area contributed by atoms with E-state index >= 15 is 0 Å². The normalized spacial score (nSPS) is 14.3. The molecule has 0 atom stereocenters. The predicted molar refractivity (Wildman–Crippen MR) is 70.3 cm³/mol. The minimum Gasteiger partial charge on any atom is -0.333 e. The molecule has 5 nitrogen and oxygen atoms in total. The Morgan fingerprint density at radius 2 is 2.05 bits per heavy atom. The molecular weight excluding hydrogens is 240 g/mol. The molecule has 1 aromatic carbocycles. The number of rotatable bonds is 2. The first-order valence-electron chi connectivity index (χ1n) is 6.42. The fraction of sp³-hybridized carbons (Fsp3) is 0.357. The van der Waals surface area contributed by atoms with Crippen molar-refractivity contribution < 1.29 is 4.79 Å². The van der Waals surface area contributed by atoms with E-state index in [-0.39, 0.29) is 5.91 Å². The maximum atomic E-state index is 12.3. The van der Waals surface area contributed by atoms with E-state index in [1.807, 2.05) is 40.7 Å². The maximum Gasteiger partial charge on any atom is 0.227 e. The van der Waals surface area contributed by atoms with Gasteiger partial charge in [0.1, 0.15) is 6.33 Å². The highest BCUT2D eigenvalue weighted by Crippen LogP contribution is 2.12. The molecule has 3 rings (SSSR count). The van der Waals surface area contributed by atoms with Crippen LogP contribution in [0.15, 0.2) is 30.6 Å². The lowest BCUT2D eigenvalue weighted by molar-refractivity contribution is -0.132. The van der Waals surface area contributed by atoms with E-state index in [9.17, 15) is 4.79 Å². The van der Waals surface area contributed by atoms with Crippen molar-refractivity contribution in [2.24, 2.45) is 0 Å². The molecule has 1 aliphatic rings.